The van der Waals surface area contributed by atoms with Crippen LogP contribution >= 0.6 is 7.21 Å². The Morgan fingerprint density at radius 3 is 1.80 bits per heavy atom. The maximum Gasteiger partial charge on any atom is 0.673 e. The van der Waals surface area contributed by atoms with Crippen LogP contribution in [0.1, 0.15) is 93.9 Å². The first kappa shape index (κ1) is 34.2. The molecule has 0 bridgehead atoms. The van der Waals surface area contributed by atoms with Gasteiger partial charge in [-0.15, -0.1) is 0 Å². The van der Waals surface area contributed by atoms with E-state index < -0.39 is 14.5 Å². The zero-order chi connectivity index (χ0) is 30.6. The first-order chi connectivity index (χ1) is 19.1. The SMILES string of the molecule is CC(C)N(C(C)C)[C@@H]1/C(=C/[P@@](c2ccccc2)(N2CCCCC2)=[N+]2CCCCC2)N(C(C)C)C1(C)C.F[B-](F)(F)F. The van der Waals surface area contributed by atoms with Gasteiger partial charge in [-0.2, -0.15) is 0 Å². The lowest BCUT2D eigenvalue weighted by Crippen LogP contribution is -2.74. The molecule has 3 saturated heterocycles. The molecule has 0 radical (unpaired) electrons. The lowest BCUT2D eigenvalue weighted by atomic mass is 9.76. The van der Waals surface area contributed by atoms with Gasteiger partial charge in [0.15, 0.2) is 0 Å². The van der Waals surface area contributed by atoms with Crippen molar-refractivity contribution < 1.29 is 21.6 Å². The summed E-state index contributed by atoms with van der Waals surface area (Å²) in [6, 6.07) is 13.6. The maximum atomic E-state index is 9.75. The Bertz CT molecular complexity index is 1040. The first-order valence-electron chi connectivity index (χ1n) is 15.7. The van der Waals surface area contributed by atoms with Crippen LogP contribution in [0.4, 0.5) is 17.3 Å². The molecule has 0 aromatic heterocycles. The molecule has 41 heavy (non-hydrogen) atoms. The molecule has 3 fully saturated rings. The fourth-order valence-corrected chi connectivity index (χ4v) is 12.2. The number of hydrogen-bond acceptors (Lipinski definition) is 2. The van der Waals surface area contributed by atoms with Crippen LogP contribution in [-0.4, -0.2) is 81.9 Å². The molecule has 0 spiro atoms. The average Bonchev–Trinajstić information content (AvgIpc) is 2.89. The van der Waals surface area contributed by atoms with Gasteiger partial charge >= 0.3 is 7.25 Å². The van der Waals surface area contributed by atoms with Gasteiger partial charge in [0.1, 0.15) is 13.1 Å². The van der Waals surface area contributed by atoms with Crippen molar-refractivity contribution in [3.05, 3.63) is 41.8 Å². The number of likely N-dealkylation sites (tertiary alicyclic amines) is 1. The first-order valence-corrected chi connectivity index (χ1v) is 17.5. The highest BCUT2D eigenvalue weighted by Crippen LogP contribution is 2.59. The Labute approximate surface area is 247 Å². The molecular formula is C31H54BF4N4P. The van der Waals surface area contributed by atoms with E-state index in [1.54, 1.807) is 11.0 Å². The van der Waals surface area contributed by atoms with Crippen molar-refractivity contribution in [1.82, 2.24) is 14.5 Å². The molecule has 10 heteroatoms. The van der Waals surface area contributed by atoms with E-state index in [2.05, 4.69) is 110 Å². The van der Waals surface area contributed by atoms with Gasteiger partial charge in [-0.25, -0.2) is 9.00 Å². The van der Waals surface area contributed by atoms with Gasteiger partial charge in [0.2, 0.25) is 7.21 Å². The standard InChI is InChI=1S/C31H54N4P.BF4/c1-25(2)34(26(3)4)30-29(35(27(5)6)31(30,7)8)24-36(28-18-12-9-13-19-28,32-20-14-10-15-21-32)33-22-16-11-17-23-33;2-1(3,4)5/h9,12-13,18-19,24-27,30H,10-11,14-17,20-23H2,1-8H3;/q+1;-1/t30-;/m1./s1. The van der Waals surface area contributed by atoms with E-state index in [9.17, 15) is 17.3 Å². The van der Waals surface area contributed by atoms with Crippen LogP contribution in [0, 0.1) is 0 Å². The van der Waals surface area contributed by atoms with Crippen LogP contribution in [0.3, 0.4) is 0 Å². The highest BCUT2D eigenvalue weighted by atomic mass is 31.2. The predicted molar refractivity (Wildman–Crippen MR) is 167 cm³/mol. The summed E-state index contributed by atoms with van der Waals surface area (Å²) in [6.07, 6.45) is 8.09. The van der Waals surface area contributed by atoms with Crippen LogP contribution in [0.5, 0.6) is 0 Å². The summed E-state index contributed by atoms with van der Waals surface area (Å²) in [5.74, 6) is 2.87. The number of piperidine rings is 2. The van der Waals surface area contributed by atoms with E-state index in [1.165, 1.54) is 64.7 Å². The lowest BCUT2D eigenvalue weighted by molar-refractivity contribution is -0.520. The van der Waals surface area contributed by atoms with Gasteiger partial charge in [0.25, 0.3) is 0 Å². The molecule has 3 aliphatic rings. The number of halogens is 4. The van der Waals surface area contributed by atoms with Crippen molar-refractivity contribution in [2.24, 2.45) is 0 Å². The molecule has 234 valence electrons. The van der Waals surface area contributed by atoms with E-state index in [0.29, 0.717) is 24.2 Å². The molecule has 0 unspecified atom stereocenters. The van der Waals surface area contributed by atoms with E-state index in [4.69, 9.17) is 0 Å². The summed E-state index contributed by atoms with van der Waals surface area (Å²) in [5, 5.41) is 1.56. The molecule has 0 saturated carbocycles. The zero-order valence-electron chi connectivity index (χ0n) is 26.7. The summed E-state index contributed by atoms with van der Waals surface area (Å²) < 4.78 is 44.9. The molecule has 3 aliphatic heterocycles. The van der Waals surface area contributed by atoms with E-state index in [0.717, 1.165) is 0 Å². The van der Waals surface area contributed by atoms with Crippen molar-refractivity contribution in [2.45, 2.75) is 124 Å². The molecule has 1 aromatic carbocycles. The van der Waals surface area contributed by atoms with Gasteiger partial charge < -0.3 is 22.2 Å². The average molecular weight is 601 g/mol. The third-order valence-corrected chi connectivity index (χ3v) is 13.0. The smallest absolute Gasteiger partial charge is 0.418 e. The molecule has 4 nitrogen and oxygen atoms in total. The molecular weight excluding hydrogens is 546 g/mol. The second-order valence-electron chi connectivity index (χ2n) is 13.2. The second kappa shape index (κ2) is 14.0. The summed E-state index contributed by atoms with van der Waals surface area (Å²) >= 11 is 0. The Morgan fingerprint density at radius 2 is 1.34 bits per heavy atom. The minimum Gasteiger partial charge on any atom is -0.418 e. The van der Waals surface area contributed by atoms with Gasteiger partial charge in [-0.3, -0.25) is 4.90 Å². The fourth-order valence-electron chi connectivity index (χ4n) is 7.64. The molecule has 0 aliphatic carbocycles. The van der Waals surface area contributed by atoms with Gasteiger partial charge in [0, 0.05) is 55.6 Å². The normalized spacial score (nSPS) is 24.5. The second-order valence-corrected chi connectivity index (χ2v) is 16.4. The Balaban J connectivity index is 0.000000850. The predicted octanol–water partition coefficient (Wildman–Crippen LogP) is 8.24. The van der Waals surface area contributed by atoms with Crippen LogP contribution in [0.2, 0.25) is 0 Å². The minimum atomic E-state index is -6.00. The third-order valence-electron chi connectivity index (χ3n) is 8.83. The molecule has 0 amide bonds. The molecule has 4 rings (SSSR count). The van der Waals surface area contributed by atoms with Crippen molar-refractivity contribution in [3.8, 4) is 0 Å². The summed E-state index contributed by atoms with van der Waals surface area (Å²) in [5.41, 5.74) is 1.70. The van der Waals surface area contributed by atoms with E-state index >= 15 is 0 Å². The Morgan fingerprint density at radius 1 is 0.854 bits per heavy atom. The fraction of sp³-hybridized carbons (Fsp3) is 0.742. The number of benzene rings is 1. The van der Waals surface area contributed by atoms with Crippen LogP contribution < -0.4 is 5.30 Å². The van der Waals surface area contributed by atoms with Crippen LogP contribution in [-0.2, 0) is 0 Å². The highest BCUT2D eigenvalue weighted by Gasteiger charge is 2.56. The molecule has 2 atom stereocenters. The summed E-state index contributed by atoms with van der Waals surface area (Å²) in [6.45, 7) is 24.2. The monoisotopic (exact) mass is 600 g/mol. The van der Waals surface area contributed by atoms with Crippen molar-refractivity contribution in [1.29, 1.82) is 0 Å². The third kappa shape index (κ3) is 7.81. The molecule has 3 heterocycles. The van der Waals surface area contributed by atoms with Gasteiger partial charge in [0.05, 0.1) is 16.9 Å². The molecule has 1 aromatic rings. The zero-order valence-corrected chi connectivity index (χ0v) is 27.6. The number of rotatable bonds is 7. The molecule has 0 N–H and O–H groups in total. The van der Waals surface area contributed by atoms with Crippen molar-refractivity contribution in [2.75, 3.05) is 26.2 Å². The summed E-state index contributed by atoms with van der Waals surface area (Å²) in [7, 11) is -7.86. The maximum absolute atomic E-state index is 9.75. The minimum absolute atomic E-state index is 0.116. The Hall–Kier alpha value is -1.31. The van der Waals surface area contributed by atoms with Gasteiger partial charge in [-0.1, -0.05) is 24.6 Å². The van der Waals surface area contributed by atoms with Crippen LogP contribution in [0.15, 0.2) is 41.8 Å². The van der Waals surface area contributed by atoms with Crippen molar-refractivity contribution in [3.63, 3.8) is 0 Å². The van der Waals surface area contributed by atoms with E-state index in [-0.39, 0.29) is 5.54 Å². The summed E-state index contributed by atoms with van der Waals surface area (Å²) in [4.78, 5) is 5.55. The highest BCUT2D eigenvalue weighted by molar-refractivity contribution is 7.72. The lowest BCUT2D eigenvalue weighted by Gasteiger charge is -2.65. The number of hydrogen-bond donors (Lipinski definition) is 0. The quantitative estimate of drug-likeness (QED) is 0.178. The topological polar surface area (TPSA) is 12.7 Å². The largest absolute Gasteiger partial charge is 0.673 e. The Kier molecular flexibility index (Phi) is 11.7. The van der Waals surface area contributed by atoms with Crippen LogP contribution in [0.25, 0.3) is 0 Å². The van der Waals surface area contributed by atoms with Crippen molar-refractivity contribution >= 4 is 19.8 Å². The number of nitrogens with zero attached hydrogens (tertiary/aromatic N) is 4. The van der Waals surface area contributed by atoms with Gasteiger partial charge in [-0.05, 0) is 86.8 Å². The van der Waals surface area contributed by atoms with E-state index in [1.807, 2.05) is 0 Å².